The Hall–Kier alpha value is -2.11. The molecule has 3 rings (SSSR count). The fourth-order valence-electron chi connectivity index (χ4n) is 2.56. The molecule has 1 amide bonds. The largest absolute Gasteiger partial charge is 0.489 e. The first kappa shape index (κ1) is 18.7. The molecule has 0 saturated carbocycles. The molecule has 1 aliphatic rings. The third-order valence-corrected chi connectivity index (χ3v) is 5.41. The Kier molecular flexibility index (Phi) is 6.47. The van der Waals surface area contributed by atoms with E-state index in [0.29, 0.717) is 22.4 Å². The van der Waals surface area contributed by atoms with Gasteiger partial charge in [-0.05, 0) is 35.8 Å². The third-order valence-electron chi connectivity index (χ3n) is 4.04. The molecule has 1 saturated heterocycles. The lowest BCUT2D eigenvalue weighted by molar-refractivity contribution is -0.122. The molecule has 0 aliphatic carbocycles. The molecule has 0 unspecified atom stereocenters. The van der Waals surface area contributed by atoms with Gasteiger partial charge in [0, 0.05) is 6.54 Å². The van der Waals surface area contributed by atoms with Crippen LogP contribution in [0.2, 0.25) is 0 Å². The number of thiocarbonyl (C=S) groups is 1. The van der Waals surface area contributed by atoms with Crippen LogP contribution in [0.5, 0.6) is 5.75 Å². The molecule has 0 atom stereocenters. The second-order valence-electron chi connectivity index (χ2n) is 6.03. The first-order chi connectivity index (χ1) is 12.7. The summed E-state index contributed by atoms with van der Waals surface area (Å²) in [6.45, 7) is 3.34. The number of ether oxygens (including phenoxy) is 1. The zero-order valence-corrected chi connectivity index (χ0v) is 16.3. The molecule has 0 bridgehead atoms. The summed E-state index contributed by atoms with van der Waals surface area (Å²) in [4.78, 5) is 14.9. The van der Waals surface area contributed by atoms with E-state index in [1.807, 2.05) is 60.7 Å². The van der Waals surface area contributed by atoms with Gasteiger partial charge in [-0.15, -0.1) is 0 Å². The number of hydrogen-bond acceptors (Lipinski definition) is 4. The van der Waals surface area contributed by atoms with Gasteiger partial charge in [-0.3, -0.25) is 9.69 Å². The van der Waals surface area contributed by atoms with Crippen molar-refractivity contribution in [2.24, 2.45) is 0 Å². The molecule has 1 aliphatic heterocycles. The van der Waals surface area contributed by atoms with Crippen molar-refractivity contribution in [2.75, 3.05) is 6.54 Å². The van der Waals surface area contributed by atoms with Crippen molar-refractivity contribution in [2.45, 2.75) is 26.4 Å². The molecule has 0 spiro atoms. The number of benzene rings is 2. The predicted octanol–water partition coefficient (Wildman–Crippen LogP) is 5.27. The number of thioether (sulfide) groups is 1. The second-order valence-corrected chi connectivity index (χ2v) is 7.71. The van der Waals surface area contributed by atoms with E-state index in [9.17, 15) is 4.79 Å². The Morgan fingerprint density at radius 2 is 1.85 bits per heavy atom. The minimum atomic E-state index is 0.0119. The quantitative estimate of drug-likeness (QED) is 0.481. The van der Waals surface area contributed by atoms with E-state index in [2.05, 4.69) is 6.92 Å². The monoisotopic (exact) mass is 383 g/mol. The first-order valence-electron chi connectivity index (χ1n) is 8.69. The molecular formula is C21H21NO2S2. The van der Waals surface area contributed by atoms with Gasteiger partial charge in [-0.1, -0.05) is 79.8 Å². The summed E-state index contributed by atoms with van der Waals surface area (Å²) in [7, 11) is 0. The Morgan fingerprint density at radius 1 is 1.12 bits per heavy atom. The number of carbonyl (C=O) groups excluding carboxylic acids is 1. The SMILES string of the molecule is CCCCN1C(=O)/C(=C\c2ccc(OCc3ccccc3)cc2)SC1=S. The summed E-state index contributed by atoms with van der Waals surface area (Å²) in [5.41, 5.74) is 2.10. The highest BCUT2D eigenvalue weighted by atomic mass is 32.2. The Labute approximate surface area is 164 Å². The molecule has 0 aromatic heterocycles. The zero-order valence-electron chi connectivity index (χ0n) is 14.7. The van der Waals surface area contributed by atoms with Crippen LogP contribution in [-0.2, 0) is 11.4 Å². The van der Waals surface area contributed by atoms with Crippen molar-refractivity contribution in [3.05, 3.63) is 70.6 Å². The Balaban J connectivity index is 1.62. The van der Waals surface area contributed by atoms with Crippen molar-refractivity contribution < 1.29 is 9.53 Å². The van der Waals surface area contributed by atoms with Crippen molar-refractivity contribution in [1.82, 2.24) is 4.90 Å². The van der Waals surface area contributed by atoms with Crippen LogP contribution in [-0.4, -0.2) is 21.7 Å². The predicted molar refractivity (Wildman–Crippen MR) is 112 cm³/mol. The van der Waals surface area contributed by atoms with Gasteiger partial charge in [-0.25, -0.2) is 0 Å². The molecule has 2 aromatic rings. The van der Waals surface area contributed by atoms with Crippen LogP contribution in [0.3, 0.4) is 0 Å². The summed E-state index contributed by atoms with van der Waals surface area (Å²) in [6, 6.07) is 17.8. The summed E-state index contributed by atoms with van der Waals surface area (Å²) in [5.74, 6) is 0.819. The molecular weight excluding hydrogens is 362 g/mol. The molecule has 5 heteroatoms. The van der Waals surface area contributed by atoms with E-state index in [-0.39, 0.29) is 5.91 Å². The van der Waals surface area contributed by atoms with Crippen LogP contribution in [0, 0.1) is 0 Å². The summed E-state index contributed by atoms with van der Waals surface area (Å²) in [6.07, 6.45) is 3.90. The van der Waals surface area contributed by atoms with Gasteiger partial charge in [0.25, 0.3) is 5.91 Å². The van der Waals surface area contributed by atoms with E-state index in [1.165, 1.54) is 11.8 Å². The van der Waals surface area contributed by atoms with Crippen LogP contribution in [0.25, 0.3) is 6.08 Å². The van der Waals surface area contributed by atoms with Gasteiger partial charge < -0.3 is 4.74 Å². The Bertz CT molecular complexity index is 801. The molecule has 0 N–H and O–H groups in total. The smallest absolute Gasteiger partial charge is 0.266 e. The second kappa shape index (κ2) is 9.01. The standard InChI is InChI=1S/C21H21NO2S2/c1-2-3-13-22-20(23)19(26-21(22)25)14-16-9-11-18(12-10-16)24-15-17-7-5-4-6-8-17/h4-12,14H,2-3,13,15H2,1H3/b19-14+. The van der Waals surface area contributed by atoms with Crippen LogP contribution < -0.4 is 4.74 Å². The minimum absolute atomic E-state index is 0.0119. The number of amides is 1. The molecule has 1 fully saturated rings. The van der Waals surface area contributed by atoms with Crippen LogP contribution in [0.4, 0.5) is 0 Å². The van der Waals surface area contributed by atoms with Gasteiger partial charge in [0.2, 0.25) is 0 Å². The number of unbranched alkanes of at least 4 members (excludes halogenated alkanes) is 1. The third kappa shape index (κ3) is 4.74. The van der Waals surface area contributed by atoms with Crippen LogP contribution >= 0.6 is 24.0 Å². The molecule has 3 nitrogen and oxygen atoms in total. The fourth-order valence-corrected chi connectivity index (χ4v) is 3.87. The van der Waals surface area contributed by atoms with Gasteiger partial charge in [0.15, 0.2) is 0 Å². The van der Waals surface area contributed by atoms with E-state index >= 15 is 0 Å². The maximum absolute atomic E-state index is 12.5. The van der Waals surface area contributed by atoms with Crippen molar-refractivity contribution >= 4 is 40.3 Å². The maximum Gasteiger partial charge on any atom is 0.266 e. The van der Waals surface area contributed by atoms with E-state index in [1.54, 1.807) is 4.90 Å². The molecule has 1 heterocycles. The van der Waals surface area contributed by atoms with E-state index in [0.717, 1.165) is 29.7 Å². The number of nitrogens with zero attached hydrogens (tertiary/aromatic N) is 1. The molecule has 2 aromatic carbocycles. The minimum Gasteiger partial charge on any atom is -0.489 e. The lowest BCUT2D eigenvalue weighted by Crippen LogP contribution is -2.28. The normalized spacial score (nSPS) is 15.7. The highest BCUT2D eigenvalue weighted by Crippen LogP contribution is 2.32. The maximum atomic E-state index is 12.5. The number of rotatable bonds is 7. The van der Waals surface area contributed by atoms with E-state index < -0.39 is 0 Å². The van der Waals surface area contributed by atoms with Crippen molar-refractivity contribution in [1.29, 1.82) is 0 Å². The average Bonchev–Trinajstić information content (AvgIpc) is 2.93. The number of carbonyl (C=O) groups is 1. The van der Waals surface area contributed by atoms with E-state index in [4.69, 9.17) is 17.0 Å². The molecule has 26 heavy (non-hydrogen) atoms. The topological polar surface area (TPSA) is 29.5 Å². The molecule has 0 radical (unpaired) electrons. The van der Waals surface area contributed by atoms with Gasteiger partial charge in [-0.2, -0.15) is 0 Å². The first-order valence-corrected chi connectivity index (χ1v) is 9.92. The molecule has 134 valence electrons. The lowest BCUT2D eigenvalue weighted by atomic mass is 10.2. The van der Waals surface area contributed by atoms with Gasteiger partial charge >= 0.3 is 0 Å². The fraction of sp³-hybridized carbons (Fsp3) is 0.238. The van der Waals surface area contributed by atoms with Gasteiger partial charge in [0.1, 0.15) is 16.7 Å². The van der Waals surface area contributed by atoms with Gasteiger partial charge in [0.05, 0.1) is 4.91 Å². The number of hydrogen-bond donors (Lipinski definition) is 0. The summed E-state index contributed by atoms with van der Waals surface area (Å²) >= 11 is 6.71. The van der Waals surface area contributed by atoms with Crippen LogP contribution in [0.15, 0.2) is 59.5 Å². The summed E-state index contributed by atoms with van der Waals surface area (Å²) < 4.78 is 6.45. The van der Waals surface area contributed by atoms with Crippen molar-refractivity contribution in [3.63, 3.8) is 0 Å². The highest BCUT2D eigenvalue weighted by Gasteiger charge is 2.31. The summed E-state index contributed by atoms with van der Waals surface area (Å²) in [5, 5.41) is 0. The van der Waals surface area contributed by atoms with Crippen molar-refractivity contribution in [3.8, 4) is 5.75 Å². The zero-order chi connectivity index (χ0) is 18.4. The Morgan fingerprint density at radius 3 is 2.54 bits per heavy atom. The van der Waals surface area contributed by atoms with Crippen LogP contribution in [0.1, 0.15) is 30.9 Å². The highest BCUT2D eigenvalue weighted by molar-refractivity contribution is 8.26. The average molecular weight is 384 g/mol. The lowest BCUT2D eigenvalue weighted by Gasteiger charge is -2.13.